The van der Waals surface area contributed by atoms with Crippen molar-refractivity contribution in [1.29, 1.82) is 0 Å². The van der Waals surface area contributed by atoms with Crippen LogP contribution in [0, 0.1) is 6.92 Å². The number of fused-ring (bicyclic) bond motifs is 1. The SMILES string of the molecule is CCCCCOc1ccc(C2C(=C(O)c3c(C)nc4ccccn34)C(=O)C(=O)N2CCCOC)cc1. The molecule has 0 aliphatic carbocycles. The first-order valence-corrected chi connectivity index (χ1v) is 12.4. The molecular weight excluding hydrogens is 458 g/mol. The van der Waals surface area contributed by atoms with Gasteiger partial charge in [-0.25, -0.2) is 4.98 Å². The van der Waals surface area contributed by atoms with Crippen LogP contribution in [0.25, 0.3) is 11.4 Å². The summed E-state index contributed by atoms with van der Waals surface area (Å²) in [4.78, 5) is 32.4. The van der Waals surface area contributed by atoms with Gasteiger partial charge in [0.2, 0.25) is 0 Å². The number of ketones is 1. The molecule has 0 bridgehead atoms. The van der Waals surface area contributed by atoms with Crippen LogP contribution < -0.4 is 4.74 Å². The van der Waals surface area contributed by atoms with Gasteiger partial charge in [0, 0.05) is 26.5 Å². The van der Waals surface area contributed by atoms with Crippen LogP contribution in [0.1, 0.15) is 55.6 Å². The van der Waals surface area contributed by atoms with Crippen molar-refractivity contribution in [3.05, 3.63) is 71.2 Å². The molecule has 1 fully saturated rings. The van der Waals surface area contributed by atoms with Gasteiger partial charge in [0.1, 0.15) is 17.1 Å². The van der Waals surface area contributed by atoms with Gasteiger partial charge >= 0.3 is 0 Å². The average Bonchev–Trinajstić information content (AvgIpc) is 3.35. The standard InChI is InChI=1S/C28H33N3O5/c1-4-5-8-18-36-21-13-11-20(12-14-21)25-23(27(33)28(34)31(25)16-9-17-35-3)26(32)24-19(2)29-22-10-6-7-15-30(22)24/h6-7,10-15,25,32H,4-5,8-9,16-18H2,1-3H3. The fraction of sp³-hybridized carbons (Fsp3) is 0.393. The predicted octanol–water partition coefficient (Wildman–Crippen LogP) is 4.67. The van der Waals surface area contributed by atoms with Crippen molar-refractivity contribution < 1.29 is 24.2 Å². The quantitative estimate of drug-likeness (QED) is 0.181. The van der Waals surface area contributed by atoms with Gasteiger partial charge in [-0.05, 0) is 49.6 Å². The molecule has 8 nitrogen and oxygen atoms in total. The fourth-order valence-electron chi connectivity index (χ4n) is 4.65. The van der Waals surface area contributed by atoms with Gasteiger partial charge in [-0.3, -0.25) is 14.0 Å². The van der Waals surface area contributed by atoms with Crippen LogP contribution in [0.5, 0.6) is 5.75 Å². The number of hydrogen-bond acceptors (Lipinski definition) is 6. The zero-order valence-corrected chi connectivity index (χ0v) is 21.1. The number of carbonyl (C=O) groups is 2. The molecule has 2 aromatic heterocycles. The van der Waals surface area contributed by atoms with E-state index < -0.39 is 17.7 Å². The third-order valence-corrected chi connectivity index (χ3v) is 6.43. The van der Waals surface area contributed by atoms with Crippen LogP contribution in [0.4, 0.5) is 0 Å². The molecule has 3 heterocycles. The summed E-state index contributed by atoms with van der Waals surface area (Å²) in [5.74, 6) is -0.850. The normalized spacial score (nSPS) is 17.3. The number of carbonyl (C=O) groups excluding carboxylic acids is 2. The van der Waals surface area contributed by atoms with Crippen LogP contribution in [-0.4, -0.2) is 57.9 Å². The second kappa shape index (κ2) is 11.4. The van der Waals surface area contributed by atoms with Crippen LogP contribution >= 0.6 is 0 Å². The number of hydrogen-bond donors (Lipinski definition) is 1. The highest BCUT2D eigenvalue weighted by Crippen LogP contribution is 2.40. The number of aryl methyl sites for hydroxylation is 1. The van der Waals surface area contributed by atoms with Crippen molar-refractivity contribution in [3.8, 4) is 5.75 Å². The molecule has 8 heteroatoms. The Balaban J connectivity index is 1.76. The molecule has 1 N–H and O–H groups in total. The maximum atomic E-state index is 13.3. The first kappa shape index (κ1) is 25.4. The van der Waals surface area contributed by atoms with Crippen molar-refractivity contribution in [2.24, 2.45) is 0 Å². The molecule has 1 saturated heterocycles. The number of amides is 1. The second-order valence-corrected chi connectivity index (χ2v) is 8.94. The molecule has 0 saturated carbocycles. The summed E-state index contributed by atoms with van der Waals surface area (Å²) in [7, 11) is 1.60. The number of methoxy groups -OCH3 is 1. The lowest BCUT2D eigenvalue weighted by Gasteiger charge is -2.25. The zero-order chi connectivity index (χ0) is 25.7. The molecule has 0 radical (unpaired) electrons. The minimum Gasteiger partial charge on any atom is -0.505 e. The van der Waals surface area contributed by atoms with Crippen molar-refractivity contribution in [3.63, 3.8) is 0 Å². The highest BCUT2D eigenvalue weighted by Gasteiger charge is 2.46. The van der Waals surface area contributed by atoms with E-state index in [4.69, 9.17) is 9.47 Å². The molecule has 1 aliphatic rings. The lowest BCUT2D eigenvalue weighted by molar-refractivity contribution is -0.140. The fourth-order valence-corrected chi connectivity index (χ4v) is 4.65. The van der Waals surface area contributed by atoms with E-state index in [1.165, 1.54) is 4.90 Å². The Morgan fingerprint density at radius 3 is 2.56 bits per heavy atom. The first-order valence-electron chi connectivity index (χ1n) is 12.4. The lowest BCUT2D eigenvalue weighted by atomic mass is 9.96. The minimum absolute atomic E-state index is 0.0581. The van der Waals surface area contributed by atoms with Crippen molar-refractivity contribution in [2.45, 2.75) is 45.6 Å². The van der Waals surface area contributed by atoms with Gasteiger partial charge in [-0.1, -0.05) is 38.0 Å². The number of nitrogens with zero attached hydrogens (tertiary/aromatic N) is 3. The number of unbranched alkanes of at least 4 members (excludes halogenated alkanes) is 2. The van der Waals surface area contributed by atoms with Crippen LogP contribution in [0.3, 0.4) is 0 Å². The van der Waals surface area contributed by atoms with Gasteiger partial charge in [0.05, 0.1) is 23.9 Å². The summed E-state index contributed by atoms with van der Waals surface area (Å²) in [6.45, 7) is 5.33. The monoisotopic (exact) mass is 491 g/mol. The Labute approximate surface area is 211 Å². The van der Waals surface area contributed by atoms with E-state index in [9.17, 15) is 14.7 Å². The maximum absolute atomic E-state index is 13.3. The topological polar surface area (TPSA) is 93.4 Å². The number of imidazole rings is 1. The molecule has 0 spiro atoms. The number of aliphatic hydroxyl groups is 1. The minimum atomic E-state index is -0.732. The average molecular weight is 492 g/mol. The number of ether oxygens (including phenoxy) is 2. The number of aromatic nitrogens is 2. The smallest absolute Gasteiger partial charge is 0.295 e. The van der Waals surface area contributed by atoms with E-state index in [0.717, 1.165) is 30.6 Å². The third-order valence-electron chi connectivity index (χ3n) is 6.43. The van der Waals surface area contributed by atoms with Crippen LogP contribution in [0.2, 0.25) is 0 Å². The molecule has 3 aromatic rings. The van der Waals surface area contributed by atoms with Crippen molar-refractivity contribution in [1.82, 2.24) is 14.3 Å². The Kier molecular flexibility index (Phi) is 8.05. The van der Waals surface area contributed by atoms with Gasteiger partial charge < -0.3 is 19.5 Å². The molecule has 1 aliphatic heterocycles. The molecule has 190 valence electrons. The Hall–Kier alpha value is -3.65. The second-order valence-electron chi connectivity index (χ2n) is 8.94. The Morgan fingerprint density at radius 2 is 1.83 bits per heavy atom. The molecule has 1 unspecified atom stereocenters. The van der Waals surface area contributed by atoms with Crippen molar-refractivity contribution in [2.75, 3.05) is 26.9 Å². The van der Waals surface area contributed by atoms with Gasteiger partial charge in [-0.15, -0.1) is 0 Å². The van der Waals surface area contributed by atoms with E-state index in [1.807, 2.05) is 42.5 Å². The number of pyridine rings is 1. The number of benzene rings is 1. The number of likely N-dealkylation sites (tertiary alicyclic amines) is 1. The first-order chi connectivity index (χ1) is 17.5. The summed E-state index contributed by atoms with van der Waals surface area (Å²) in [6.07, 6.45) is 5.55. The Morgan fingerprint density at radius 1 is 1.06 bits per heavy atom. The Bertz CT molecular complexity index is 1260. The summed E-state index contributed by atoms with van der Waals surface area (Å²) in [5, 5.41) is 11.5. The summed E-state index contributed by atoms with van der Waals surface area (Å²) in [6, 6.07) is 12.2. The largest absolute Gasteiger partial charge is 0.505 e. The zero-order valence-electron chi connectivity index (χ0n) is 21.1. The third kappa shape index (κ3) is 4.99. The molecule has 4 rings (SSSR count). The summed E-state index contributed by atoms with van der Waals surface area (Å²) < 4.78 is 12.7. The molecular formula is C28H33N3O5. The van der Waals surface area contributed by atoms with E-state index >= 15 is 0 Å². The summed E-state index contributed by atoms with van der Waals surface area (Å²) in [5.41, 5.74) is 2.40. The highest BCUT2D eigenvalue weighted by molar-refractivity contribution is 6.46. The highest BCUT2D eigenvalue weighted by atomic mass is 16.5. The number of Topliss-reactive ketones (excluding diaryl/α,β-unsaturated/α-hetero) is 1. The van der Waals surface area contributed by atoms with E-state index in [-0.39, 0.29) is 11.3 Å². The molecule has 1 atom stereocenters. The predicted molar refractivity (Wildman–Crippen MR) is 137 cm³/mol. The maximum Gasteiger partial charge on any atom is 0.295 e. The number of aliphatic hydroxyl groups excluding tert-OH is 1. The van der Waals surface area contributed by atoms with E-state index in [1.54, 1.807) is 24.6 Å². The van der Waals surface area contributed by atoms with Gasteiger partial charge in [0.15, 0.2) is 5.76 Å². The van der Waals surface area contributed by atoms with Gasteiger partial charge in [-0.2, -0.15) is 0 Å². The van der Waals surface area contributed by atoms with E-state index in [2.05, 4.69) is 11.9 Å². The molecule has 1 amide bonds. The van der Waals surface area contributed by atoms with Crippen LogP contribution in [-0.2, 0) is 14.3 Å². The lowest BCUT2D eigenvalue weighted by Crippen LogP contribution is -2.31. The molecule has 36 heavy (non-hydrogen) atoms. The van der Waals surface area contributed by atoms with Crippen LogP contribution in [0.15, 0.2) is 54.2 Å². The number of rotatable bonds is 11. The van der Waals surface area contributed by atoms with E-state index in [0.29, 0.717) is 43.2 Å². The summed E-state index contributed by atoms with van der Waals surface area (Å²) >= 11 is 0. The van der Waals surface area contributed by atoms with Gasteiger partial charge in [0.25, 0.3) is 11.7 Å². The van der Waals surface area contributed by atoms with Crippen molar-refractivity contribution >= 4 is 23.1 Å². The molecule has 1 aromatic carbocycles.